The molecule has 2 aliphatic heterocycles. The van der Waals surface area contributed by atoms with Gasteiger partial charge in [-0.05, 0) is 23.3 Å². The van der Waals surface area contributed by atoms with E-state index in [9.17, 15) is 4.79 Å². The number of nitrogens with zero attached hydrogens (tertiary/aromatic N) is 1. The molecule has 106 valence electrons. The lowest BCUT2D eigenvalue weighted by Gasteiger charge is -2.24. The fourth-order valence-electron chi connectivity index (χ4n) is 3.10. The van der Waals surface area contributed by atoms with Crippen LogP contribution in [-0.4, -0.2) is 23.9 Å². The van der Waals surface area contributed by atoms with E-state index in [2.05, 4.69) is 22.8 Å². The van der Waals surface area contributed by atoms with Crippen molar-refractivity contribution in [2.24, 2.45) is 0 Å². The molecule has 0 saturated carbocycles. The zero-order chi connectivity index (χ0) is 14.2. The van der Waals surface area contributed by atoms with E-state index in [0.717, 1.165) is 30.0 Å². The summed E-state index contributed by atoms with van der Waals surface area (Å²) in [5.74, 6) is 0.0965. The number of benzene rings is 2. The first-order valence-corrected chi connectivity index (χ1v) is 7.30. The molecule has 0 saturated heterocycles. The van der Waals surface area contributed by atoms with Crippen molar-refractivity contribution < 1.29 is 4.79 Å². The van der Waals surface area contributed by atoms with Crippen molar-refractivity contribution in [1.82, 2.24) is 4.90 Å². The second-order valence-corrected chi connectivity index (χ2v) is 5.51. The van der Waals surface area contributed by atoms with E-state index in [1.165, 1.54) is 11.1 Å². The third-order valence-corrected chi connectivity index (χ3v) is 4.17. The monoisotopic (exact) mass is 279 g/mol. The average molecular weight is 279 g/mol. The predicted molar refractivity (Wildman–Crippen MR) is 83.4 cm³/mol. The summed E-state index contributed by atoms with van der Waals surface area (Å²) in [5.41, 5.74) is 5.21. The molecule has 2 heterocycles. The molecule has 0 fully saturated rings. The van der Waals surface area contributed by atoms with Gasteiger partial charge in [0.1, 0.15) is 0 Å². The fourth-order valence-corrected chi connectivity index (χ4v) is 3.10. The highest BCUT2D eigenvalue weighted by atomic mass is 16.2. The Kier molecular flexibility index (Phi) is 2.81. The van der Waals surface area contributed by atoms with Crippen LogP contribution in [0.5, 0.6) is 0 Å². The normalized spacial score (nSPS) is 15.7. The average Bonchev–Trinajstić information content (AvgIpc) is 2.97. The Labute approximate surface area is 123 Å². The third-order valence-electron chi connectivity index (χ3n) is 4.17. The molecule has 4 heteroatoms. The Balaban J connectivity index is 1.65. The van der Waals surface area contributed by atoms with Crippen LogP contribution in [0.2, 0.25) is 0 Å². The van der Waals surface area contributed by atoms with Gasteiger partial charge in [0.15, 0.2) is 0 Å². The molecule has 0 atom stereocenters. The summed E-state index contributed by atoms with van der Waals surface area (Å²) in [6, 6.07) is 14.1. The lowest BCUT2D eigenvalue weighted by atomic mass is 10.1. The molecule has 2 aliphatic rings. The Morgan fingerprint density at radius 3 is 2.38 bits per heavy atom. The maximum atomic E-state index is 12.8. The zero-order valence-corrected chi connectivity index (χ0v) is 11.7. The third kappa shape index (κ3) is 2.03. The summed E-state index contributed by atoms with van der Waals surface area (Å²) >= 11 is 0. The number of para-hydroxylation sites is 1. The van der Waals surface area contributed by atoms with Crippen LogP contribution in [0, 0.1) is 0 Å². The molecular weight excluding hydrogens is 262 g/mol. The standard InChI is InChI=1S/C17H17N3O/c21-17(20-10-12-4-1-2-5-13(12)11-20)14-6-3-7-15-16(14)19-9-8-18-15/h1-7,18-19H,8-11H2. The number of carbonyl (C=O) groups is 1. The van der Waals surface area contributed by atoms with Crippen LogP contribution >= 0.6 is 0 Å². The number of carbonyl (C=O) groups excluding carboxylic acids is 1. The number of anilines is 2. The first kappa shape index (κ1) is 12.3. The van der Waals surface area contributed by atoms with Crippen LogP contribution < -0.4 is 10.6 Å². The highest BCUT2D eigenvalue weighted by Gasteiger charge is 2.26. The quantitative estimate of drug-likeness (QED) is 0.843. The molecule has 21 heavy (non-hydrogen) atoms. The van der Waals surface area contributed by atoms with Crippen molar-refractivity contribution in [3.8, 4) is 0 Å². The molecule has 1 amide bonds. The van der Waals surface area contributed by atoms with E-state index >= 15 is 0 Å². The zero-order valence-electron chi connectivity index (χ0n) is 11.7. The van der Waals surface area contributed by atoms with E-state index in [4.69, 9.17) is 0 Å². The molecule has 0 bridgehead atoms. The summed E-state index contributed by atoms with van der Waals surface area (Å²) in [6.45, 7) is 3.13. The van der Waals surface area contributed by atoms with Gasteiger partial charge >= 0.3 is 0 Å². The molecule has 0 aliphatic carbocycles. The lowest BCUT2D eigenvalue weighted by Crippen LogP contribution is -2.28. The van der Waals surface area contributed by atoms with Crippen LogP contribution in [0.4, 0.5) is 11.4 Å². The minimum Gasteiger partial charge on any atom is -0.382 e. The van der Waals surface area contributed by atoms with Crippen LogP contribution in [0.25, 0.3) is 0 Å². The van der Waals surface area contributed by atoms with E-state index in [1.54, 1.807) is 0 Å². The van der Waals surface area contributed by atoms with Crippen molar-refractivity contribution in [3.05, 3.63) is 59.2 Å². The molecule has 2 N–H and O–H groups in total. The van der Waals surface area contributed by atoms with Crippen LogP contribution in [0.1, 0.15) is 21.5 Å². The van der Waals surface area contributed by atoms with Gasteiger partial charge < -0.3 is 15.5 Å². The Bertz CT molecular complexity index is 686. The van der Waals surface area contributed by atoms with Crippen LogP contribution in [0.15, 0.2) is 42.5 Å². The summed E-state index contributed by atoms with van der Waals surface area (Å²) < 4.78 is 0. The van der Waals surface area contributed by atoms with Gasteiger partial charge in [-0.3, -0.25) is 4.79 Å². The van der Waals surface area contributed by atoms with Crippen molar-refractivity contribution in [2.75, 3.05) is 23.7 Å². The molecule has 0 spiro atoms. The molecule has 4 nitrogen and oxygen atoms in total. The Morgan fingerprint density at radius 2 is 1.62 bits per heavy atom. The minimum atomic E-state index is 0.0965. The van der Waals surface area contributed by atoms with Gasteiger partial charge in [0.25, 0.3) is 5.91 Å². The Morgan fingerprint density at radius 1 is 0.905 bits per heavy atom. The van der Waals surface area contributed by atoms with E-state index in [-0.39, 0.29) is 5.91 Å². The number of hydrogen-bond donors (Lipinski definition) is 2. The maximum Gasteiger partial charge on any atom is 0.256 e. The number of rotatable bonds is 1. The number of amides is 1. The molecule has 2 aromatic rings. The predicted octanol–water partition coefficient (Wildman–Crippen LogP) is 2.68. The number of hydrogen-bond acceptors (Lipinski definition) is 3. The maximum absolute atomic E-state index is 12.8. The summed E-state index contributed by atoms with van der Waals surface area (Å²) in [5, 5.41) is 6.68. The molecular formula is C17H17N3O. The first-order chi connectivity index (χ1) is 10.3. The number of nitrogens with one attached hydrogen (secondary N) is 2. The second kappa shape index (κ2) is 4.81. The highest BCUT2D eigenvalue weighted by Crippen LogP contribution is 2.31. The molecule has 0 radical (unpaired) electrons. The summed E-state index contributed by atoms with van der Waals surface area (Å²) in [4.78, 5) is 14.8. The van der Waals surface area contributed by atoms with Crippen molar-refractivity contribution in [1.29, 1.82) is 0 Å². The van der Waals surface area contributed by atoms with Gasteiger partial charge in [-0.2, -0.15) is 0 Å². The van der Waals surface area contributed by atoms with Crippen LogP contribution in [-0.2, 0) is 13.1 Å². The summed E-state index contributed by atoms with van der Waals surface area (Å²) in [6.07, 6.45) is 0. The molecule has 4 rings (SSSR count). The smallest absolute Gasteiger partial charge is 0.256 e. The SMILES string of the molecule is O=C(c1cccc2c1NCCN2)N1Cc2ccccc2C1. The van der Waals surface area contributed by atoms with Gasteiger partial charge in [-0.25, -0.2) is 0 Å². The highest BCUT2D eigenvalue weighted by molar-refractivity contribution is 6.03. The number of fused-ring (bicyclic) bond motifs is 2. The van der Waals surface area contributed by atoms with Crippen molar-refractivity contribution in [3.63, 3.8) is 0 Å². The van der Waals surface area contributed by atoms with E-state index < -0.39 is 0 Å². The largest absolute Gasteiger partial charge is 0.382 e. The fraction of sp³-hybridized carbons (Fsp3) is 0.235. The van der Waals surface area contributed by atoms with Crippen molar-refractivity contribution >= 4 is 17.3 Å². The lowest BCUT2D eigenvalue weighted by molar-refractivity contribution is 0.0752. The Hall–Kier alpha value is -2.49. The summed E-state index contributed by atoms with van der Waals surface area (Å²) in [7, 11) is 0. The van der Waals surface area contributed by atoms with Gasteiger partial charge in [-0.1, -0.05) is 30.3 Å². The molecule has 0 unspecified atom stereocenters. The van der Waals surface area contributed by atoms with Crippen molar-refractivity contribution in [2.45, 2.75) is 13.1 Å². The minimum absolute atomic E-state index is 0.0965. The van der Waals surface area contributed by atoms with Gasteiger partial charge in [0.05, 0.1) is 16.9 Å². The van der Waals surface area contributed by atoms with Gasteiger partial charge in [-0.15, -0.1) is 0 Å². The second-order valence-electron chi connectivity index (χ2n) is 5.51. The van der Waals surface area contributed by atoms with Crippen LogP contribution in [0.3, 0.4) is 0 Å². The first-order valence-electron chi connectivity index (χ1n) is 7.30. The van der Waals surface area contributed by atoms with E-state index in [1.807, 2.05) is 35.2 Å². The van der Waals surface area contributed by atoms with E-state index in [0.29, 0.717) is 13.1 Å². The van der Waals surface area contributed by atoms with Gasteiger partial charge in [0, 0.05) is 26.2 Å². The topological polar surface area (TPSA) is 44.4 Å². The molecule has 0 aromatic heterocycles. The van der Waals surface area contributed by atoms with Gasteiger partial charge in [0.2, 0.25) is 0 Å². The molecule has 2 aromatic carbocycles.